The highest BCUT2D eigenvalue weighted by Crippen LogP contribution is 2.20. The number of nitrogens with zero attached hydrogens (tertiary/aromatic N) is 1. The van der Waals surface area contributed by atoms with Crippen LogP contribution in [0.5, 0.6) is 5.75 Å². The zero-order valence-corrected chi connectivity index (χ0v) is 12.0. The fraction of sp³-hybridized carbons (Fsp3) is 0.625. The molecule has 1 aliphatic heterocycles. The Labute approximate surface area is 116 Å². The van der Waals surface area contributed by atoms with Crippen molar-refractivity contribution in [3.05, 3.63) is 29.8 Å². The smallest absolute Gasteiger partial charge is 0.119 e. The van der Waals surface area contributed by atoms with Crippen LogP contribution in [-0.4, -0.2) is 36.2 Å². The van der Waals surface area contributed by atoms with Crippen molar-refractivity contribution in [2.24, 2.45) is 0 Å². The first-order chi connectivity index (χ1) is 9.16. The molecule has 0 aliphatic carbocycles. The van der Waals surface area contributed by atoms with E-state index in [1.165, 1.54) is 25.8 Å². The number of piperidine rings is 1. The minimum atomic E-state index is -0.412. The van der Waals surface area contributed by atoms with Crippen LogP contribution >= 0.6 is 0 Å². The van der Waals surface area contributed by atoms with Gasteiger partial charge in [0.15, 0.2) is 0 Å². The van der Waals surface area contributed by atoms with Crippen LogP contribution in [0.25, 0.3) is 0 Å². The van der Waals surface area contributed by atoms with Crippen LogP contribution in [0.15, 0.2) is 24.3 Å². The second kappa shape index (κ2) is 6.92. The number of ether oxygens (including phenoxy) is 1. The molecule has 1 aromatic carbocycles. The topological polar surface area (TPSA) is 32.7 Å². The van der Waals surface area contributed by atoms with E-state index in [1.54, 1.807) is 6.92 Å². The molecule has 19 heavy (non-hydrogen) atoms. The Bertz CT molecular complexity index is 375. The minimum Gasteiger partial charge on any atom is -0.494 e. The highest BCUT2D eigenvalue weighted by atomic mass is 16.5. The lowest BCUT2D eigenvalue weighted by Crippen LogP contribution is -2.37. The van der Waals surface area contributed by atoms with Crippen LogP contribution in [0.4, 0.5) is 0 Å². The molecule has 2 rings (SSSR count). The summed E-state index contributed by atoms with van der Waals surface area (Å²) < 4.78 is 5.78. The first-order valence-electron chi connectivity index (χ1n) is 7.28. The number of hydrogen-bond acceptors (Lipinski definition) is 3. The number of benzene rings is 1. The molecule has 1 fully saturated rings. The molecule has 3 nitrogen and oxygen atoms in total. The van der Waals surface area contributed by atoms with Gasteiger partial charge in [0.25, 0.3) is 0 Å². The highest BCUT2D eigenvalue weighted by molar-refractivity contribution is 5.28. The summed E-state index contributed by atoms with van der Waals surface area (Å²) in [7, 11) is 2.21. The van der Waals surface area contributed by atoms with Gasteiger partial charge in [-0.15, -0.1) is 0 Å². The van der Waals surface area contributed by atoms with Gasteiger partial charge < -0.3 is 14.7 Å². The van der Waals surface area contributed by atoms with E-state index in [0.29, 0.717) is 6.04 Å². The molecule has 0 radical (unpaired) electrons. The molecule has 1 saturated heterocycles. The maximum atomic E-state index is 9.44. The zero-order chi connectivity index (χ0) is 13.7. The van der Waals surface area contributed by atoms with Crippen molar-refractivity contribution in [3.8, 4) is 5.75 Å². The molecule has 0 aromatic heterocycles. The predicted octanol–water partition coefficient (Wildman–Crippen LogP) is 2.99. The molecular formula is C16H25NO2. The third kappa shape index (κ3) is 4.22. The summed E-state index contributed by atoms with van der Waals surface area (Å²) in [6.07, 6.45) is 4.65. The molecule has 1 aromatic rings. The Morgan fingerprint density at radius 1 is 1.32 bits per heavy atom. The van der Waals surface area contributed by atoms with Crippen molar-refractivity contribution in [1.29, 1.82) is 0 Å². The molecule has 2 atom stereocenters. The van der Waals surface area contributed by atoms with Crippen LogP contribution in [0.1, 0.15) is 44.3 Å². The number of aliphatic hydroxyl groups excluding tert-OH is 1. The Hall–Kier alpha value is -1.06. The summed E-state index contributed by atoms with van der Waals surface area (Å²) in [5, 5.41) is 9.44. The van der Waals surface area contributed by atoms with E-state index in [2.05, 4.69) is 11.9 Å². The van der Waals surface area contributed by atoms with Gasteiger partial charge in [-0.25, -0.2) is 0 Å². The summed E-state index contributed by atoms with van der Waals surface area (Å²) in [5.74, 6) is 0.892. The third-order valence-electron chi connectivity index (χ3n) is 4.00. The molecule has 1 N–H and O–H groups in total. The first kappa shape index (κ1) is 14.4. The standard InChI is InChI=1S/C16H25NO2/c1-13(18)14-6-8-16(9-7-14)19-12-10-15-5-3-4-11-17(15)2/h6-9,13,15,18H,3-5,10-12H2,1-2H3/t13-,15?/m0/s1. The molecule has 0 bridgehead atoms. The van der Waals surface area contributed by atoms with Crippen LogP contribution in [0, 0.1) is 0 Å². The van der Waals surface area contributed by atoms with Gasteiger partial charge in [-0.3, -0.25) is 0 Å². The molecule has 1 aliphatic rings. The Balaban J connectivity index is 1.75. The molecule has 0 spiro atoms. The molecule has 0 saturated carbocycles. The van der Waals surface area contributed by atoms with E-state index in [-0.39, 0.29) is 0 Å². The van der Waals surface area contributed by atoms with Crippen LogP contribution in [0.2, 0.25) is 0 Å². The van der Waals surface area contributed by atoms with Crippen molar-refractivity contribution >= 4 is 0 Å². The first-order valence-corrected chi connectivity index (χ1v) is 7.28. The van der Waals surface area contributed by atoms with Crippen molar-refractivity contribution in [2.45, 2.75) is 44.8 Å². The van der Waals surface area contributed by atoms with E-state index < -0.39 is 6.10 Å². The van der Waals surface area contributed by atoms with Gasteiger partial charge in [0.1, 0.15) is 5.75 Å². The van der Waals surface area contributed by atoms with Crippen molar-refractivity contribution in [1.82, 2.24) is 4.90 Å². The van der Waals surface area contributed by atoms with E-state index >= 15 is 0 Å². The SMILES string of the molecule is C[C@H](O)c1ccc(OCCC2CCCCN2C)cc1. The molecule has 0 amide bonds. The van der Waals surface area contributed by atoms with Gasteiger partial charge in [0.2, 0.25) is 0 Å². The van der Waals surface area contributed by atoms with E-state index in [1.807, 2.05) is 24.3 Å². The minimum absolute atomic E-state index is 0.412. The second-order valence-corrected chi connectivity index (χ2v) is 5.51. The molecule has 1 heterocycles. The molecular weight excluding hydrogens is 238 g/mol. The van der Waals surface area contributed by atoms with Crippen molar-refractivity contribution < 1.29 is 9.84 Å². The summed E-state index contributed by atoms with van der Waals surface area (Å²) in [5.41, 5.74) is 0.930. The lowest BCUT2D eigenvalue weighted by Gasteiger charge is -2.32. The second-order valence-electron chi connectivity index (χ2n) is 5.51. The Morgan fingerprint density at radius 3 is 2.68 bits per heavy atom. The van der Waals surface area contributed by atoms with E-state index in [9.17, 15) is 5.11 Å². The molecule has 1 unspecified atom stereocenters. The summed E-state index contributed by atoms with van der Waals surface area (Å²) in [6.45, 7) is 3.76. The quantitative estimate of drug-likeness (QED) is 0.886. The fourth-order valence-corrected chi connectivity index (χ4v) is 2.66. The monoisotopic (exact) mass is 263 g/mol. The van der Waals surface area contributed by atoms with Gasteiger partial charge in [-0.05, 0) is 57.5 Å². The number of rotatable bonds is 5. The van der Waals surface area contributed by atoms with Gasteiger partial charge in [0.05, 0.1) is 12.7 Å². The normalized spacial score (nSPS) is 22.2. The maximum absolute atomic E-state index is 9.44. The number of likely N-dealkylation sites (tertiary alicyclic amines) is 1. The number of hydrogen-bond donors (Lipinski definition) is 1. The van der Waals surface area contributed by atoms with Crippen LogP contribution < -0.4 is 4.74 Å². The lowest BCUT2D eigenvalue weighted by molar-refractivity contribution is 0.153. The fourth-order valence-electron chi connectivity index (χ4n) is 2.66. The van der Waals surface area contributed by atoms with Crippen molar-refractivity contribution in [3.63, 3.8) is 0 Å². The highest BCUT2D eigenvalue weighted by Gasteiger charge is 2.18. The van der Waals surface area contributed by atoms with Gasteiger partial charge in [0, 0.05) is 6.04 Å². The van der Waals surface area contributed by atoms with E-state index in [0.717, 1.165) is 24.3 Å². The molecule has 106 valence electrons. The summed E-state index contributed by atoms with van der Waals surface area (Å²) in [6, 6.07) is 8.39. The summed E-state index contributed by atoms with van der Waals surface area (Å²) in [4.78, 5) is 2.45. The van der Waals surface area contributed by atoms with E-state index in [4.69, 9.17) is 4.74 Å². The van der Waals surface area contributed by atoms with Gasteiger partial charge in [-0.2, -0.15) is 0 Å². The predicted molar refractivity (Wildman–Crippen MR) is 77.5 cm³/mol. The van der Waals surface area contributed by atoms with Gasteiger partial charge in [-0.1, -0.05) is 18.6 Å². The molecule has 3 heteroatoms. The largest absolute Gasteiger partial charge is 0.494 e. The average Bonchev–Trinajstić information content (AvgIpc) is 2.41. The Kier molecular flexibility index (Phi) is 5.23. The third-order valence-corrected chi connectivity index (χ3v) is 4.00. The van der Waals surface area contributed by atoms with Crippen LogP contribution in [-0.2, 0) is 0 Å². The van der Waals surface area contributed by atoms with Gasteiger partial charge >= 0.3 is 0 Å². The maximum Gasteiger partial charge on any atom is 0.119 e. The average molecular weight is 263 g/mol. The number of aliphatic hydroxyl groups is 1. The zero-order valence-electron chi connectivity index (χ0n) is 12.0. The van der Waals surface area contributed by atoms with Crippen molar-refractivity contribution in [2.75, 3.05) is 20.2 Å². The Morgan fingerprint density at radius 2 is 2.05 bits per heavy atom. The lowest BCUT2D eigenvalue weighted by atomic mass is 10.0. The van der Waals surface area contributed by atoms with Crippen LogP contribution in [0.3, 0.4) is 0 Å². The summed E-state index contributed by atoms with van der Waals surface area (Å²) >= 11 is 0.